The molecule has 0 aliphatic heterocycles. The van der Waals surface area contributed by atoms with E-state index in [0.29, 0.717) is 23.8 Å². The van der Waals surface area contributed by atoms with Crippen molar-refractivity contribution in [1.82, 2.24) is 5.32 Å². The molecule has 1 atom stereocenters. The van der Waals surface area contributed by atoms with Crippen LogP contribution >= 0.6 is 0 Å². The fourth-order valence-electron chi connectivity index (χ4n) is 4.63. The fraction of sp³-hybridized carbons (Fsp3) is 0.357. The van der Waals surface area contributed by atoms with E-state index >= 15 is 0 Å². The maximum absolute atomic E-state index is 13.2. The third-order valence-corrected chi connectivity index (χ3v) is 6.64. The lowest BCUT2D eigenvalue weighted by Crippen LogP contribution is -2.42. The van der Waals surface area contributed by atoms with Crippen LogP contribution in [0.4, 0.5) is 13.2 Å². The van der Waals surface area contributed by atoms with E-state index in [9.17, 15) is 27.9 Å². The summed E-state index contributed by atoms with van der Waals surface area (Å²) in [6, 6.07) is 13.8. The zero-order chi connectivity index (χ0) is 25.7. The molecule has 4 rings (SSSR count). The second-order valence-electron chi connectivity index (χ2n) is 9.24. The van der Waals surface area contributed by atoms with Crippen LogP contribution in [0.25, 0.3) is 10.8 Å². The minimum atomic E-state index is -4.48. The van der Waals surface area contributed by atoms with E-state index < -0.39 is 29.7 Å². The standard InChI is InChI=1S/C28H28F3NO4/c29-28(30,31)21-13-10-18(11-14-21)16-24(27(34)35)32-26(33)23-15-12-20-8-4-5-9-22(20)25(23)36-17-19-6-2-1-3-7-19/h4-5,8-15,19,24H,1-3,6-7,16-17H2,(H,32,33)(H,34,35). The predicted octanol–water partition coefficient (Wildman–Crippen LogP) is 6.24. The summed E-state index contributed by atoms with van der Waals surface area (Å²) < 4.78 is 44.7. The Hall–Kier alpha value is -3.55. The third-order valence-electron chi connectivity index (χ3n) is 6.64. The summed E-state index contributed by atoms with van der Waals surface area (Å²) >= 11 is 0. The molecule has 1 aliphatic rings. The predicted molar refractivity (Wildman–Crippen MR) is 130 cm³/mol. The highest BCUT2D eigenvalue weighted by Gasteiger charge is 2.30. The van der Waals surface area contributed by atoms with Gasteiger partial charge in [0, 0.05) is 11.8 Å². The zero-order valence-corrected chi connectivity index (χ0v) is 19.7. The Labute approximate surface area is 207 Å². The van der Waals surface area contributed by atoms with Crippen molar-refractivity contribution in [1.29, 1.82) is 0 Å². The van der Waals surface area contributed by atoms with E-state index in [0.717, 1.165) is 48.6 Å². The number of carbonyl (C=O) groups is 2. The molecule has 1 fully saturated rings. The van der Waals surface area contributed by atoms with E-state index in [2.05, 4.69) is 5.32 Å². The van der Waals surface area contributed by atoms with Gasteiger partial charge < -0.3 is 15.2 Å². The SMILES string of the molecule is O=C(NC(Cc1ccc(C(F)(F)F)cc1)C(=O)O)c1ccc2ccccc2c1OCC1CCCCC1. The Morgan fingerprint density at radius 2 is 1.67 bits per heavy atom. The van der Waals surface area contributed by atoms with E-state index in [-0.39, 0.29) is 12.0 Å². The first kappa shape index (κ1) is 25.5. The van der Waals surface area contributed by atoms with Gasteiger partial charge in [0.1, 0.15) is 11.8 Å². The minimum absolute atomic E-state index is 0.162. The van der Waals surface area contributed by atoms with Crippen molar-refractivity contribution in [2.45, 2.75) is 50.7 Å². The van der Waals surface area contributed by atoms with Crippen LogP contribution in [0.5, 0.6) is 5.75 Å². The van der Waals surface area contributed by atoms with Crippen molar-refractivity contribution >= 4 is 22.6 Å². The molecular formula is C28H28F3NO4. The Morgan fingerprint density at radius 1 is 0.972 bits per heavy atom. The molecule has 3 aromatic carbocycles. The molecule has 1 unspecified atom stereocenters. The zero-order valence-electron chi connectivity index (χ0n) is 19.7. The number of rotatable bonds is 8. The van der Waals surface area contributed by atoms with Crippen LogP contribution in [0, 0.1) is 5.92 Å². The van der Waals surface area contributed by atoms with E-state index in [1.54, 1.807) is 12.1 Å². The smallest absolute Gasteiger partial charge is 0.416 e. The van der Waals surface area contributed by atoms with Crippen molar-refractivity contribution in [3.63, 3.8) is 0 Å². The van der Waals surface area contributed by atoms with Gasteiger partial charge in [0.05, 0.1) is 17.7 Å². The number of amides is 1. The molecule has 0 saturated heterocycles. The van der Waals surface area contributed by atoms with Gasteiger partial charge in [-0.2, -0.15) is 13.2 Å². The number of alkyl halides is 3. The molecule has 0 heterocycles. The number of hydrogen-bond acceptors (Lipinski definition) is 3. The first-order valence-electron chi connectivity index (χ1n) is 12.1. The summed E-state index contributed by atoms with van der Waals surface area (Å²) in [5.41, 5.74) is -0.232. The number of fused-ring (bicyclic) bond motifs is 1. The summed E-state index contributed by atoms with van der Waals surface area (Å²) in [5, 5.41) is 13.9. The number of aliphatic carboxylic acids is 1. The molecule has 0 spiro atoms. The molecule has 3 aromatic rings. The van der Waals surface area contributed by atoms with Crippen LogP contribution in [-0.4, -0.2) is 29.6 Å². The van der Waals surface area contributed by atoms with Gasteiger partial charge in [-0.25, -0.2) is 4.79 Å². The second kappa shape index (κ2) is 11.0. The van der Waals surface area contributed by atoms with Gasteiger partial charge in [0.25, 0.3) is 5.91 Å². The lowest BCUT2D eigenvalue weighted by molar-refractivity contribution is -0.139. The van der Waals surface area contributed by atoms with Gasteiger partial charge in [0.2, 0.25) is 0 Å². The summed E-state index contributed by atoms with van der Waals surface area (Å²) in [6.07, 6.45) is 1.02. The van der Waals surface area contributed by atoms with Crippen LogP contribution in [0.1, 0.15) is 53.6 Å². The van der Waals surface area contributed by atoms with Crippen molar-refractivity contribution < 1.29 is 32.6 Å². The van der Waals surface area contributed by atoms with Crippen LogP contribution in [0.15, 0.2) is 60.7 Å². The van der Waals surface area contributed by atoms with E-state index in [1.165, 1.54) is 18.6 Å². The molecular weight excluding hydrogens is 471 g/mol. The normalized spacial score (nSPS) is 15.4. The molecule has 1 saturated carbocycles. The molecule has 0 aromatic heterocycles. The fourth-order valence-corrected chi connectivity index (χ4v) is 4.63. The monoisotopic (exact) mass is 499 g/mol. The Morgan fingerprint density at radius 3 is 2.33 bits per heavy atom. The van der Waals surface area contributed by atoms with Gasteiger partial charge in [-0.05, 0) is 47.9 Å². The average Bonchev–Trinajstić information content (AvgIpc) is 2.87. The third kappa shape index (κ3) is 6.17. The first-order chi connectivity index (χ1) is 17.2. The number of nitrogens with one attached hydrogen (secondary N) is 1. The van der Waals surface area contributed by atoms with Crippen molar-refractivity contribution in [2.24, 2.45) is 5.92 Å². The number of hydrogen-bond donors (Lipinski definition) is 2. The molecule has 8 heteroatoms. The topological polar surface area (TPSA) is 75.6 Å². The molecule has 1 amide bonds. The van der Waals surface area contributed by atoms with Gasteiger partial charge in [0.15, 0.2) is 0 Å². The Kier molecular flexibility index (Phi) is 7.82. The summed E-state index contributed by atoms with van der Waals surface area (Å²) in [6.45, 7) is 0.474. The Bertz CT molecular complexity index is 1220. The first-order valence-corrected chi connectivity index (χ1v) is 12.1. The largest absolute Gasteiger partial charge is 0.492 e. The Balaban J connectivity index is 1.55. The van der Waals surface area contributed by atoms with Crippen LogP contribution in [0.2, 0.25) is 0 Å². The lowest BCUT2D eigenvalue weighted by atomic mass is 9.90. The van der Waals surface area contributed by atoms with Crippen LogP contribution in [0.3, 0.4) is 0 Å². The van der Waals surface area contributed by atoms with E-state index in [1.807, 2.05) is 24.3 Å². The summed E-state index contributed by atoms with van der Waals surface area (Å²) in [7, 11) is 0. The van der Waals surface area contributed by atoms with Gasteiger partial charge in [-0.1, -0.05) is 61.7 Å². The highest BCUT2D eigenvalue weighted by molar-refractivity contribution is 6.04. The number of halogens is 3. The molecule has 5 nitrogen and oxygen atoms in total. The number of carbonyl (C=O) groups excluding carboxylic acids is 1. The number of carboxylic acid groups (broad SMARTS) is 1. The van der Waals surface area contributed by atoms with Crippen molar-refractivity contribution in [3.05, 3.63) is 77.4 Å². The van der Waals surface area contributed by atoms with Gasteiger partial charge in [-0.15, -0.1) is 0 Å². The van der Waals surface area contributed by atoms with Crippen LogP contribution < -0.4 is 10.1 Å². The van der Waals surface area contributed by atoms with Gasteiger partial charge in [-0.3, -0.25) is 4.79 Å². The van der Waals surface area contributed by atoms with Gasteiger partial charge >= 0.3 is 12.1 Å². The molecule has 0 bridgehead atoms. The van der Waals surface area contributed by atoms with Crippen molar-refractivity contribution in [2.75, 3.05) is 6.61 Å². The minimum Gasteiger partial charge on any atom is -0.492 e. The molecule has 1 aliphatic carbocycles. The maximum Gasteiger partial charge on any atom is 0.416 e. The maximum atomic E-state index is 13.2. The molecule has 0 radical (unpaired) electrons. The quantitative estimate of drug-likeness (QED) is 0.385. The summed E-state index contributed by atoms with van der Waals surface area (Å²) in [4.78, 5) is 25.1. The summed E-state index contributed by atoms with van der Waals surface area (Å²) in [5.74, 6) is -1.08. The lowest BCUT2D eigenvalue weighted by Gasteiger charge is -2.23. The number of carboxylic acids is 1. The molecule has 190 valence electrons. The average molecular weight is 500 g/mol. The highest BCUT2D eigenvalue weighted by atomic mass is 19.4. The molecule has 2 N–H and O–H groups in total. The number of ether oxygens (including phenoxy) is 1. The van der Waals surface area contributed by atoms with Crippen LogP contribution in [-0.2, 0) is 17.4 Å². The number of benzene rings is 3. The highest BCUT2D eigenvalue weighted by Crippen LogP contribution is 2.33. The van der Waals surface area contributed by atoms with Crippen molar-refractivity contribution in [3.8, 4) is 5.75 Å². The second-order valence-corrected chi connectivity index (χ2v) is 9.24. The van der Waals surface area contributed by atoms with E-state index in [4.69, 9.17) is 4.74 Å². The molecule has 36 heavy (non-hydrogen) atoms.